The number of rotatable bonds is 5. The van der Waals surface area contributed by atoms with Gasteiger partial charge >= 0.3 is 0 Å². The fourth-order valence-electron chi connectivity index (χ4n) is 2.80. The van der Waals surface area contributed by atoms with Gasteiger partial charge in [-0.05, 0) is 48.2 Å². The summed E-state index contributed by atoms with van der Waals surface area (Å²) in [4.78, 5) is 14.3. The van der Waals surface area contributed by atoms with Crippen LogP contribution in [0.3, 0.4) is 0 Å². The van der Waals surface area contributed by atoms with E-state index < -0.39 is 0 Å². The molecule has 1 saturated heterocycles. The summed E-state index contributed by atoms with van der Waals surface area (Å²) in [7, 11) is 1.67. The number of nitrogens with one attached hydrogen (secondary N) is 1. The molecule has 5 nitrogen and oxygen atoms in total. The maximum atomic E-state index is 12.0. The van der Waals surface area contributed by atoms with E-state index in [-0.39, 0.29) is 16.9 Å². The second kappa shape index (κ2) is 6.96. The zero-order valence-electron chi connectivity index (χ0n) is 12.9. The first-order valence-corrected chi connectivity index (χ1v) is 7.96. The van der Waals surface area contributed by atoms with Gasteiger partial charge in [0.15, 0.2) is 11.0 Å². The highest BCUT2D eigenvalue weighted by Crippen LogP contribution is 2.26. The van der Waals surface area contributed by atoms with Crippen LogP contribution in [-0.4, -0.2) is 32.7 Å². The van der Waals surface area contributed by atoms with Crippen LogP contribution in [0.5, 0.6) is 5.75 Å². The lowest BCUT2D eigenvalue weighted by atomic mass is 10.1. The normalized spacial score (nSPS) is 17.3. The van der Waals surface area contributed by atoms with Gasteiger partial charge in [0, 0.05) is 31.4 Å². The molecular formula is C17H19ClN2O3. The van der Waals surface area contributed by atoms with Crippen molar-refractivity contribution < 1.29 is 13.9 Å². The number of amides is 1. The molecule has 0 aliphatic carbocycles. The largest absolute Gasteiger partial charge is 0.497 e. The Hall–Kier alpha value is -2.14. The lowest BCUT2D eigenvalue weighted by molar-refractivity contribution is 0.0920. The molecule has 23 heavy (non-hydrogen) atoms. The second-order valence-corrected chi connectivity index (χ2v) is 5.99. The number of benzene rings is 1. The highest BCUT2D eigenvalue weighted by molar-refractivity contribution is 6.29. The van der Waals surface area contributed by atoms with Crippen LogP contribution >= 0.6 is 11.6 Å². The molecule has 0 spiro atoms. The van der Waals surface area contributed by atoms with E-state index in [1.54, 1.807) is 19.2 Å². The van der Waals surface area contributed by atoms with Crippen molar-refractivity contribution in [1.29, 1.82) is 0 Å². The highest BCUT2D eigenvalue weighted by Gasteiger charge is 2.24. The Balaban J connectivity index is 1.52. The molecule has 0 unspecified atom stereocenters. The number of ether oxygens (including phenoxy) is 1. The van der Waals surface area contributed by atoms with Crippen LogP contribution in [0.25, 0.3) is 0 Å². The number of furan rings is 1. The van der Waals surface area contributed by atoms with Gasteiger partial charge in [-0.1, -0.05) is 6.07 Å². The van der Waals surface area contributed by atoms with Crippen LogP contribution in [0.4, 0.5) is 5.69 Å². The molecule has 1 aromatic heterocycles. The smallest absolute Gasteiger partial charge is 0.287 e. The van der Waals surface area contributed by atoms with Crippen molar-refractivity contribution in [2.75, 3.05) is 31.6 Å². The lowest BCUT2D eigenvalue weighted by Crippen LogP contribution is -2.30. The van der Waals surface area contributed by atoms with Gasteiger partial charge in [-0.25, -0.2) is 0 Å². The molecule has 2 heterocycles. The van der Waals surface area contributed by atoms with Crippen molar-refractivity contribution in [1.82, 2.24) is 5.32 Å². The number of carbonyl (C=O) groups excluding carboxylic acids is 1. The molecule has 0 bridgehead atoms. The van der Waals surface area contributed by atoms with E-state index in [2.05, 4.69) is 16.3 Å². The molecule has 6 heteroatoms. The summed E-state index contributed by atoms with van der Waals surface area (Å²) in [6.07, 6.45) is 1.04. The molecule has 1 fully saturated rings. The van der Waals surface area contributed by atoms with Crippen LogP contribution in [0.15, 0.2) is 40.8 Å². The number of carbonyl (C=O) groups is 1. The summed E-state index contributed by atoms with van der Waals surface area (Å²) in [5.41, 5.74) is 1.15. The summed E-state index contributed by atoms with van der Waals surface area (Å²) >= 11 is 5.68. The molecular weight excluding hydrogens is 316 g/mol. The first-order chi connectivity index (χ1) is 11.2. The van der Waals surface area contributed by atoms with Crippen molar-refractivity contribution in [3.63, 3.8) is 0 Å². The van der Waals surface area contributed by atoms with Crippen LogP contribution in [0.2, 0.25) is 5.22 Å². The fourth-order valence-corrected chi connectivity index (χ4v) is 2.95. The molecule has 1 atom stereocenters. The van der Waals surface area contributed by atoms with Gasteiger partial charge in [0.1, 0.15) is 5.75 Å². The highest BCUT2D eigenvalue weighted by atomic mass is 35.5. The van der Waals surface area contributed by atoms with Gasteiger partial charge in [-0.15, -0.1) is 0 Å². The Labute approximate surface area is 140 Å². The Morgan fingerprint density at radius 1 is 1.43 bits per heavy atom. The molecule has 2 aromatic rings. The summed E-state index contributed by atoms with van der Waals surface area (Å²) in [5.74, 6) is 1.29. The number of anilines is 1. The van der Waals surface area contributed by atoms with Gasteiger partial charge in [0.05, 0.1) is 7.11 Å². The van der Waals surface area contributed by atoms with E-state index in [9.17, 15) is 4.79 Å². The molecule has 0 saturated carbocycles. The zero-order chi connectivity index (χ0) is 16.2. The molecule has 122 valence electrons. The van der Waals surface area contributed by atoms with Crippen LogP contribution in [-0.2, 0) is 0 Å². The average Bonchev–Trinajstić information content (AvgIpc) is 3.22. The van der Waals surface area contributed by atoms with E-state index in [1.165, 1.54) is 0 Å². The maximum Gasteiger partial charge on any atom is 0.287 e. The lowest BCUT2D eigenvalue weighted by Gasteiger charge is -2.19. The SMILES string of the molecule is COc1cccc(N2CC[C@H](CNC(=O)c3ccc(Cl)o3)C2)c1. The average molecular weight is 335 g/mol. The number of hydrogen-bond donors (Lipinski definition) is 1. The summed E-state index contributed by atoms with van der Waals surface area (Å²) < 4.78 is 10.4. The maximum absolute atomic E-state index is 12.0. The van der Waals surface area contributed by atoms with E-state index in [0.29, 0.717) is 12.5 Å². The van der Waals surface area contributed by atoms with Crippen LogP contribution in [0.1, 0.15) is 17.0 Å². The predicted molar refractivity (Wildman–Crippen MR) is 89.4 cm³/mol. The van der Waals surface area contributed by atoms with E-state index in [0.717, 1.165) is 30.9 Å². The first kappa shape index (κ1) is 15.7. The van der Waals surface area contributed by atoms with Crippen molar-refractivity contribution in [3.05, 3.63) is 47.4 Å². The molecule has 1 N–H and O–H groups in total. The van der Waals surface area contributed by atoms with Crippen LogP contribution < -0.4 is 15.0 Å². The standard InChI is InChI=1S/C17H19ClN2O3/c1-22-14-4-2-3-13(9-14)20-8-7-12(11-20)10-19-17(21)15-5-6-16(18)23-15/h2-6,9,12H,7-8,10-11H2,1H3,(H,19,21)/t12-/m1/s1. The quantitative estimate of drug-likeness (QED) is 0.912. The number of hydrogen-bond acceptors (Lipinski definition) is 4. The molecule has 1 aliphatic rings. The summed E-state index contributed by atoms with van der Waals surface area (Å²) in [5, 5.41) is 3.13. The number of halogens is 1. The second-order valence-electron chi connectivity index (χ2n) is 5.62. The third-order valence-electron chi connectivity index (χ3n) is 4.05. The predicted octanol–water partition coefficient (Wildman–Crippen LogP) is 3.20. The zero-order valence-corrected chi connectivity index (χ0v) is 13.7. The Bertz CT molecular complexity index is 686. The van der Waals surface area contributed by atoms with Crippen LogP contribution in [0, 0.1) is 5.92 Å². The van der Waals surface area contributed by atoms with Gasteiger partial charge in [-0.3, -0.25) is 4.79 Å². The van der Waals surface area contributed by atoms with E-state index in [4.69, 9.17) is 20.8 Å². The van der Waals surface area contributed by atoms with Gasteiger partial charge < -0.3 is 19.4 Å². The minimum Gasteiger partial charge on any atom is -0.497 e. The molecule has 1 aromatic carbocycles. The van der Waals surface area contributed by atoms with Crippen molar-refractivity contribution >= 4 is 23.2 Å². The van der Waals surface area contributed by atoms with Gasteiger partial charge in [-0.2, -0.15) is 0 Å². The fraction of sp³-hybridized carbons (Fsp3) is 0.353. The monoisotopic (exact) mass is 334 g/mol. The van der Waals surface area contributed by atoms with Gasteiger partial charge in [0.2, 0.25) is 0 Å². The minimum absolute atomic E-state index is 0.222. The molecule has 1 amide bonds. The molecule has 1 aliphatic heterocycles. The van der Waals surface area contributed by atoms with Gasteiger partial charge in [0.25, 0.3) is 5.91 Å². The minimum atomic E-state index is -0.225. The third kappa shape index (κ3) is 3.79. The summed E-state index contributed by atoms with van der Waals surface area (Å²) in [6, 6.07) is 11.2. The van der Waals surface area contributed by atoms with Crippen molar-refractivity contribution in [3.8, 4) is 5.75 Å². The topological polar surface area (TPSA) is 54.7 Å². The van der Waals surface area contributed by atoms with Crippen molar-refractivity contribution in [2.24, 2.45) is 5.92 Å². The van der Waals surface area contributed by atoms with E-state index in [1.807, 2.05) is 18.2 Å². The van der Waals surface area contributed by atoms with Crippen molar-refractivity contribution in [2.45, 2.75) is 6.42 Å². The first-order valence-electron chi connectivity index (χ1n) is 7.58. The Morgan fingerprint density at radius 2 is 2.30 bits per heavy atom. The molecule has 3 rings (SSSR count). The Kier molecular flexibility index (Phi) is 4.76. The van der Waals surface area contributed by atoms with E-state index >= 15 is 0 Å². The summed E-state index contributed by atoms with van der Waals surface area (Å²) in [6.45, 7) is 2.50. The Morgan fingerprint density at radius 3 is 3.04 bits per heavy atom. The number of methoxy groups -OCH3 is 1. The number of nitrogens with zero attached hydrogens (tertiary/aromatic N) is 1. The third-order valence-corrected chi connectivity index (χ3v) is 4.26. The molecule has 0 radical (unpaired) electrons.